The van der Waals surface area contributed by atoms with Gasteiger partial charge in [0.2, 0.25) is 0 Å². The average Bonchev–Trinajstić information content (AvgIpc) is 2.77. The second-order valence-corrected chi connectivity index (χ2v) is 6.25. The average molecular weight is 280 g/mol. The van der Waals surface area contributed by atoms with Gasteiger partial charge in [0.25, 0.3) is 0 Å². The topological polar surface area (TPSA) is 50.7 Å². The molecule has 0 amide bonds. The molecular weight excluding hydrogens is 264 g/mol. The summed E-state index contributed by atoms with van der Waals surface area (Å²) in [5, 5.41) is 13.5. The molecule has 96 valence electrons. The molecule has 2 aromatic rings. The molecule has 0 aromatic carbocycles. The second kappa shape index (κ2) is 6.82. The van der Waals surface area contributed by atoms with Crippen LogP contribution in [0.3, 0.4) is 0 Å². The molecule has 0 saturated carbocycles. The number of aryl methyl sites for hydroxylation is 1. The summed E-state index contributed by atoms with van der Waals surface area (Å²) in [7, 11) is 0. The Kier molecular flexibility index (Phi) is 5.10. The van der Waals surface area contributed by atoms with Crippen molar-refractivity contribution in [2.24, 2.45) is 0 Å². The Morgan fingerprint density at radius 2 is 2.28 bits per heavy atom. The lowest BCUT2D eigenvalue weighted by atomic mass is 10.3. The van der Waals surface area contributed by atoms with Crippen LogP contribution in [0.15, 0.2) is 27.7 Å². The Balaban J connectivity index is 2.07. The van der Waals surface area contributed by atoms with Crippen molar-refractivity contribution in [1.29, 1.82) is 0 Å². The van der Waals surface area contributed by atoms with E-state index in [-0.39, 0.29) is 0 Å². The van der Waals surface area contributed by atoms with E-state index in [1.165, 1.54) is 5.56 Å². The molecule has 2 aromatic heterocycles. The monoisotopic (exact) mass is 280 g/mol. The molecule has 0 aliphatic carbocycles. The molecule has 0 radical (unpaired) electrons. The summed E-state index contributed by atoms with van der Waals surface area (Å²) >= 11 is 3.19. The highest BCUT2D eigenvalue weighted by Crippen LogP contribution is 2.30. The fourth-order valence-corrected chi connectivity index (χ4v) is 3.27. The standard InChI is InChI=1S/C12H16N4S2/c1-3-6-13-8-10-5-4-7-14-11(10)18-12-16-15-9(2)17-12/h4-5,7,13H,3,6,8H2,1-2H3. The number of rotatable bonds is 6. The van der Waals surface area contributed by atoms with Crippen molar-refractivity contribution in [3.8, 4) is 0 Å². The lowest BCUT2D eigenvalue weighted by Gasteiger charge is -2.07. The number of aromatic nitrogens is 3. The molecule has 2 heterocycles. The summed E-state index contributed by atoms with van der Waals surface area (Å²) in [6, 6.07) is 4.07. The Bertz CT molecular complexity index is 498. The first kappa shape index (κ1) is 13.5. The van der Waals surface area contributed by atoms with Gasteiger partial charge in [-0.05, 0) is 43.3 Å². The van der Waals surface area contributed by atoms with E-state index in [9.17, 15) is 0 Å². The molecule has 0 bridgehead atoms. The molecule has 0 atom stereocenters. The molecule has 0 unspecified atom stereocenters. The van der Waals surface area contributed by atoms with E-state index in [1.807, 2.05) is 19.2 Å². The van der Waals surface area contributed by atoms with Gasteiger partial charge < -0.3 is 5.32 Å². The van der Waals surface area contributed by atoms with Crippen molar-refractivity contribution in [1.82, 2.24) is 20.5 Å². The van der Waals surface area contributed by atoms with E-state index >= 15 is 0 Å². The largest absolute Gasteiger partial charge is 0.313 e. The first-order valence-electron chi connectivity index (χ1n) is 5.92. The van der Waals surface area contributed by atoms with Gasteiger partial charge in [-0.1, -0.05) is 24.3 Å². The van der Waals surface area contributed by atoms with Gasteiger partial charge in [0, 0.05) is 12.7 Å². The number of nitrogens with one attached hydrogen (secondary N) is 1. The minimum Gasteiger partial charge on any atom is -0.313 e. The highest BCUT2D eigenvalue weighted by Gasteiger charge is 2.08. The Hall–Kier alpha value is -0.980. The van der Waals surface area contributed by atoms with E-state index in [0.717, 1.165) is 33.9 Å². The molecule has 2 rings (SSSR count). The molecule has 0 fully saturated rings. The zero-order chi connectivity index (χ0) is 12.8. The number of pyridine rings is 1. The summed E-state index contributed by atoms with van der Waals surface area (Å²) in [6.07, 6.45) is 2.96. The van der Waals surface area contributed by atoms with E-state index in [2.05, 4.69) is 33.5 Å². The van der Waals surface area contributed by atoms with E-state index in [4.69, 9.17) is 0 Å². The minimum atomic E-state index is 0.849. The first-order valence-corrected chi connectivity index (χ1v) is 7.55. The van der Waals surface area contributed by atoms with Gasteiger partial charge in [0.05, 0.1) is 0 Å². The predicted octanol–water partition coefficient (Wildman–Crippen LogP) is 2.89. The van der Waals surface area contributed by atoms with Crippen LogP contribution < -0.4 is 5.32 Å². The lowest BCUT2D eigenvalue weighted by Crippen LogP contribution is -2.14. The summed E-state index contributed by atoms with van der Waals surface area (Å²) < 4.78 is 0.947. The predicted molar refractivity (Wildman–Crippen MR) is 75.0 cm³/mol. The van der Waals surface area contributed by atoms with Crippen LogP contribution >= 0.6 is 23.1 Å². The van der Waals surface area contributed by atoms with Gasteiger partial charge in [-0.3, -0.25) is 0 Å². The SMILES string of the molecule is CCCNCc1cccnc1Sc1nnc(C)s1. The third kappa shape index (κ3) is 3.76. The highest BCUT2D eigenvalue weighted by molar-refractivity contribution is 8.01. The lowest BCUT2D eigenvalue weighted by molar-refractivity contribution is 0.665. The molecule has 0 saturated heterocycles. The van der Waals surface area contributed by atoms with Crippen LogP contribution in [0, 0.1) is 6.92 Å². The van der Waals surface area contributed by atoms with Gasteiger partial charge in [0.15, 0.2) is 4.34 Å². The van der Waals surface area contributed by atoms with Gasteiger partial charge in [0.1, 0.15) is 10.0 Å². The molecule has 18 heavy (non-hydrogen) atoms. The van der Waals surface area contributed by atoms with E-state index < -0.39 is 0 Å². The van der Waals surface area contributed by atoms with Gasteiger partial charge >= 0.3 is 0 Å². The molecule has 0 aliphatic rings. The smallest absolute Gasteiger partial charge is 0.180 e. The Morgan fingerprint density at radius 3 is 3.00 bits per heavy atom. The van der Waals surface area contributed by atoms with Crippen LogP contribution in [-0.4, -0.2) is 21.7 Å². The van der Waals surface area contributed by atoms with E-state index in [0.29, 0.717) is 0 Å². The summed E-state index contributed by atoms with van der Waals surface area (Å²) in [5.41, 5.74) is 1.21. The van der Waals surface area contributed by atoms with E-state index in [1.54, 1.807) is 23.1 Å². The normalized spacial score (nSPS) is 10.8. The summed E-state index contributed by atoms with van der Waals surface area (Å²) in [6.45, 7) is 6.00. The minimum absolute atomic E-state index is 0.849. The number of hydrogen-bond acceptors (Lipinski definition) is 6. The molecule has 0 aliphatic heterocycles. The number of hydrogen-bond donors (Lipinski definition) is 1. The van der Waals surface area contributed by atoms with Crippen LogP contribution in [0.5, 0.6) is 0 Å². The fraction of sp³-hybridized carbons (Fsp3) is 0.417. The van der Waals surface area contributed by atoms with Gasteiger partial charge in [-0.2, -0.15) is 0 Å². The third-order valence-electron chi connectivity index (χ3n) is 2.28. The molecule has 4 nitrogen and oxygen atoms in total. The van der Waals surface area contributed by atoms with Crippen molar-refractivity contribution in [2.75, 3.05) is 6.54 Å². The maximum Gasteiger partial charge on any atom is 0.180 e. The zero-order valence-electron chi connectivity index (χ0n) is 10.5. The molecular formula is C12H16N4S2. The van der Waals surface area contributed by atoms with Crippen LogP contribution in [0.25, 0.3) is 0 Å². The van der Waals surface area contributed by atoms with Crippen molar-refractivity contribution in [3.05, 3.63) is 28.9 Å². The molecule has 6 heteroatoms. The van der Waals surface area contributed by atoms with Crippen LogP contribution in [0.4, 0.5) is 0 Å². The summed E-state index contributed by atoms with van der Waals surface area (Å²) in [5.74, 6) is 0. The van der Waals surface area contributed by atoms with Crippen LogP contribution in [0.1, 0.15) is 23.9 Å². The van der Waals surface area contributed by atoms with Crippen LogP contribution in [-0.2, 0) is 6.54 Å². The maximum atomic E-state index is 4.42. The molecule has 0 spiro atoms. The highest BCUT2D eigenvalue weighted by atomic mass is 32.2. The summed E-state index contributed by atoms with van der Waals surface area (Å²) in [4.78, 5) is 4.42. The van der Waals surface area contributed by atoms with Crippen molar-refractivity contribution in [2.45, 2.75) is 36.2 Å². The fourth-order valence-electron chi connectivity index (χ4n) is 1.45. The van der Waals surface area contributed by atoms with Crippen molar-refractivity contribution >= 4 is 23.1 Å². The Morgan fingerprint density at radius 1 is 1.39 bits per heavy atom. The van der Waals surface area contributed by atoms with Crippen LogP contribution in [0.2, 0.25) is 0 Å². The van der Waals surface area contributed by atoms with Crippen molar-refractivity contribution in [3.63, 3.8) is 0 Å². The quantitative estimate of drug-likeness (QED) is 0.825. The van der Waals surface area contributed by atoms with Crippen molar-refractivity contribution < 1.29 is 0 Å². The second-order valence-electron chi connectivity index (χ2n) is 3.83. The van der Waals surface area contributed by atoms with Gasteiger partial charge in [-0.25, -0.2) is 4.98 Å². The zero-order valence-corrected chi connectivity index (χ0v) is 12.1. The maximum absolute atomic E-state index is 4.42. The third-order valence-corrected chi connectivity index (χ3v) is 4.23. The Labute approximate surface area is 115 Å². The first-order chi connectivity index (χ1) is 8.79. The van der Waals surface area contributed by atoms with Gasteiger partial charge in [-0.15, -0.1) is 10.2 Å². The molecule has 1 N–H and O–H groups in total. The number of nitrogens with zero attached hydrogens (tertiary/aromatic N) is 3.